The van der Waals surface area contributed by atoms with Gasteiger partial charge in [-0.2, -0.15) is 0 Å². The first-order chi connectivity index (χ1) is 4.95. The van der Waals surface area contributed by atoms with Crippen molar-refractivity contribution in [3.05, 3.63) is 0 Å². The first-order valence-electron chi connectivity index (χ1n) is 3.14. The van der Waals surface area contributed by atoms with Gasteiger partial charge in [0.1, 0.15) is 5.78 Å². The van der Waals surface area contributed by atoms with Crippen LogP contribution < -0.4 is 11.5 Å². The second kappa shape index (κ2) is 4.02. The SMILES string of the molecule is CC(=O)[C@@H](N)C[C@@H]([18F])C(N)=O. The van der Waals surface area contributed by atoms with Crippen molar-refractivity contribution in [3.63, 3.8) is 0 Å². The molecule has 0 aliphatic rings. The molecular weight excluding hydrogens is 150 g/mol. The van der Waals surface area contributed by atoms with E-state index in [4.69, 9.17) is 5.73 Å². The number of carbonyl (C=O) groups excluding carboxylic acids is 2. The van der Waals surface area contributed by atoms with Gasteiger partial charge in [-0.25, -0.2) is 4.39 Å². The fourth-order valence-electron chi connectivity index (χ4n) is 0.505. The maximum absolute atomic E-state index is 12.4. The molecule has 0 saturated carbocycles. The Balaban J connectivity index is 3.84. The maximum atomic E-state index is 12.4. The van der Waals surface area contributed by atoms with Gasteiger partial charge >= 0.3 is 0 Å². The van der Waals surface area contributed by atoms with Gasteiger partial charge in [0.2, 0.25) is 0 Å². The van der Waals surface area contributed by atoms with Gasteiger partial charge in [-0.15, -0.1) is 0 Å². The molecule has 0 rings (SSSR count). The number of rotatable bonds is 4. The van der Waals surface area contributed by atoms with Crippen LogP contribution in [0.25, 0.3) is 0 Å². The van der Waals surface area contributed by atoms with Gasteiger partial charge in [0, 0.05) is 6.42 Å². The third-order valence-corrected chi connectivity index (χ3v) is 1.29. The molecule has 0 heterocycles. The normalized spacial score (nSPS) is 15.5. The second-order valence-electron chi connectivity index (χ2n) is 2.32. The maximum Gasteiger partial charge on any atom is 0.252 e. The number of ketones is 1. The summed E-state index contributed by atoms with van der Waals surface area (Å²) in [6.45, 7) is 1.23. The number of amides is 1. The van der Waals surface area contributed by atoms with E-state index in [2.05, 4.69) is 5.73 Å². The minimum Gasteiger partial charge on any atom is -0.367 e. The molecule has 1 amide bonds. The summed E-state index contributed by atoms with van der Waals surface area (Å²) < 4.78 is 12.4. The van der Waals surface area contributed by atoms with Gasteiger partial charge in [-0.1, -0.05) is 0 Å². The molecule has 2 atom stereocenters. The summed E-state index contributed by atoms with van der Waals surface area (Å²) in [4.78, 5) is 20.6. The summed E-state index contributed by atoms with van der Waals surface area (Å²) in [7, 11) is 0. The van der Waals surface area contributed by atoms with Crippen molar-refractivity contribution >= 4 is 11.7 Å². The predicted molar refractivity (Wildman–Crippen MR) is 37.4 cm³/mol. The van der Waals surface area contributed by atoms with E-state index >= 15 is 0 Å². The lowest BCUT2D eigenvalue weighted by Gasteiger charge is -2.08. The number of alkyl halides is 1. The minimum atomic E-state index is -1.83. The number of halogens is 1. The lowest BCUT2D eigenvalue weighted by molar-refractivity contribution is -0.124. The Morgan fingerprint density at radius 1 is 1.55 bits per heavy atom. The van der Waals surface area contributed by atoms with Crippen molar-refractivity contribution in [2.24, 2.45) is 11.5 Å². The van der Waals surface area contributed by atoms with Crippen molar-refractivity contribution in [2.45, 2.75) is 25.6 Å². The van der Waals surface area contributed by atoms with E-state index in [1.165, 1.54) is 6.92 Å². The third kappa shape index (κ3) is 3.67. The van der Waals surface area contributed by atoms with Crippen LogP contribution in [-0.4, -0.2) is 23.9 Å². The van der Waals surface area contributed by atoms with Gasteiger partial charge in [0.25, 0.3) is 5.91 Å². The molecule has 64 valence electrons. The average Bonchev–Trinajstić information content (AvgIpc) is 1.87. The molecule has 0 unspecified atom stereocenters. The number of nitrogens with two attached hydrogens (primary N) is 2. The molecule has 4 nitrogen and oxygen atoms in total. The summed E-state index contributed by atoms with van der Waals surface area (Å²) in [6.07, 6.45) is -2.15. The van der Waals surface area contributed by atoms with Crippen LogP contribution in [0, 0.1) is 0 Å². The Hall–Kier alpha value is -0.970. The molecule has 0 bridgehead atoms. The van der Waals surface area contributed by atoms with E-state index < -0.39 is 18.1 Å². The molecule has 0 aromatic carbocycles. The highest BCUT2D eigenvalue weighted by Gasteiger charge is 2.19. The first-order valence-corrected chi connectivity index (χ1v) is 3.14. The van der Waals surface area contributed by atoms with E-state index in [0.717, 1.165) is 0 Å². The van der Waals surface area contributed by atoms with Gasteiger partial charge in [0.05, 0.1) is 6.04 Å². The zero-order chi connectivity index (χ0) is 9.02. The van der Waals surface area contributed by atoms with Crippen LogP contribution in [0.4, 0.5) is 4.39 Å². The standard InChI is InChI=1S/C6H11FN2O2/c1-3(10)5(8)2-4(7)6(9)11/h4-5H,2,8H2,1H3,(H2,9,11)/t4-,5+/m1/s1/i7-1. The van der Waals surface area contributed by atoms with Crippen molar-refractivity contribution < 1.29 is 14.0 Å². The molecule has 0 aromatic heterocycles. The number of primary amides is 1. The molecule has 0 spiro atoms. The lowest BCUT2D eigenvalue weighted by Crippen LogP contribution is -2.36. The molecule has 0 saturated heterocycles. The fourth-order valence-corrected chi connectivity index (χ4v) is 0.505. The van der Waals surface area contributed by atoms with Crippen LogP contribution in [0.2, 0.25) is 0 Å². The Kier molecular flexibility index (Phi) is 3.67. The number of hydrogen-bond donors (Lipinski definition) is 2. The topological polar surface area (TPSA) is 86.2 Å². The molecule has 11 heavy (non-hydrogen) atoms. The predicted octanol–water partition coefficient (Wildman–Crippen LogP) is -0.884. The molecule has 4 N–H and O–H groups in total. The zero-order valence-electron chi connectivity index (χ0n) is 6.21. The largest absolute Gasteiger partial charge is 0.367 e. The Morgan fingerprint density at radius 2 is 2.00 bits per heavy atom. The molecule has 0 radical (unpaired) electrons. The Bertz CT molecular complexity index is 154. The van der Waals surface area contributed by atoms with Gasteiger partial charge in [-0.05, 0) is 6.92 Å². The quantitative estimate of drug-likeness (QED) is 0.561. The monoisotopic (exact) mass is 161 g/mol. The van der Waals surface area contributed by atoms with E-state index in [9.17, 15) is 14.0 Å². The number of hydrogen-bond acceptors (Lipinski definition) is 3. The average molecular weight is 161 g/mol. The highest BCUT2D eigenvalue weighted by atomic mass is 18.2. The summed E-state index contributed by atoms with van der Waals surface area (Å²) in [6, 6.07) is -0.933. The smallest absolute Gasteiger partial charge is 0.252 e. The van der Waals surface area contributed by atoms with Crippen molar-refractivity contribution in [3.8, 4) is 0 Å². The summed E-state index contributed by atoms with van der Waals surface area (Å²) in [5.74, 6) is -1.43. The van der Waals surface area contributed by atoms with Crippen molar-refractivity contribution in [2.75, 3.05) is 0 Å². The zero-order valence-corrected chi connectivity index (χ0v) is 6.21. The van der Waals surface area contributed by atoms with E-state index in [1.807, 2.05) is 0 Å². The number of carbonyl (C=O) groups is 2. The van der Waals surface area contributed by atoms with Crippen LogP contribution >= 0.6 is 0 Å². The van der Waals surface area contributed by atoms with E-state index in [0.29, 0.717) is 0 Å². The van der Waals surface area contributed by atoms with Gasteiger partial charge < -0.3 is 11.5 Å². The van der Waals surface area contributed by atoms with Gasteiger partial charge in [0.15, 0.2) is 6.17 Å². The molecular formula is C6H11FN2O2. The minimum absolute atomic E-state index is 0.329. The summed E-state index contributed by atoms with van der Waals surface area (Å²) in [5.41, 5.74) is 9.76. The second-order valence-corrected chi connectivity index (χ2v) is 2.32. The highest BCUT2D eigenvalue weighted by Crippen LogP contribution is 2.00. The molecule has 5 heteroatoms. The third-order valence-electron chi connectivity index (χ3n) is 1.29. The Labute approximate surface area is 63.7 Å². The summed E-state index contributed by atoms with van der Waals surface area (Å²) >= 11 is 0. The fraction of sp³-hybridized carbons (Fsp3) is 0.667. The Morgan fingerprint density at radius 3 is 2.27 bits per heavy atom. The van der Waals surface area contributed by atoms with Crippen LogP contribution in [0.3, 0.4) is 0 Å². The molecule has 0 aromatic rings. The summed E-state index contributed by atoms with van der Waals surface area (Å²) in [5, 5.41) is 0. The lowest BCUT2D eigenvalue weighted by atomic mass is 10.1. The van der Waals surface area contributed by atoms with E-state index in [-0.39, 0.29) is 12.2 Å². The van der Waals surface area contributed by atoms with Crippen molar-refractivity contribution in [1.82, 2.24) is 0 Å². The molecule has 0 fully saturated rings. The molecule has 0 aliphatic carbocycles. The first kappa shape index (κ1) is 10.0. The van der Waals surface area contributed by atoms with Crippen molar-refractivity contribution in [1.29, 1.82) is 0 Å². The highest BCUT2D eigenvalue weighted by molar-refractivity contribution is 5.83. The van der Waals surface area contributed by atoms with Crippen LogP contribution in [0.1, 0.15) is 13.3 Å². The van der Waals surface area contributed by atoms with E-state index in [1.54, 1.807) is 0 Å². The van der Waals surface area contributed by atoms with Gasteiger partial charge in [-0.3, -0.25) is 9.59 Å². The van der Waals surface area contributed by atoms with Crippen LogP contribution in [0.15, 0.2) is 0 Å². The van der Waals surface area contributed by atoms with Crippen LogP contribution in [0.5, 0.6) is 0 Å². The number of Topliss-reactive ketones (excluding diaryl/α,β-unsaturated/α-hetero) is 1. The molecule has 0 aliphatic heterocycles. The van der Waals surface area contributed by atoms with Crippen LogP contribution in [-0.2, 0) is 9.59 Å².